The van der Waals surface area contributed by atoms with Gasteiger partial charge in [-0.25, -0.2) is 4.68 Å². The van der Waals surface area contributed by atoms with Crippen molar-refractivity contribution < 1.29 is 4.74 Å². The van der Waals surface area contributed by atoms with Gasteiger partial charge in [-0.1, -0.05) is 12.1 Å². The zero-order chi connectivity index (χ0) is 21.8. The average Bonchev–Trinajstić information content (AvgIpc) is 3.50. The molecule has 164 valence electrons. The van der Waals surface area contributed by atoms with E-state index in [4.69, 9.17) is 4.74 Å². The normalized spacial score (nSPS) is 16.8. The monoisotopic (exact) mass is 430 g/mol. The van der Waals surface area contributed by atoms with E-state index in [1.54, 1.807) is 7.11 Å². The van der Waals surface area contributed by atoms with Gasteiger partial charge >= 0.3 is 0 Å². The third kappa shape index (κ3) is 4.38. The van der Waals surface area contributed by atoms with Crippen molar-refractivity contribution in [3.8, 4) is 16.9 Å². The second kappa shape index (κ2) is 9.27. The van der Waals surface area contributed by atoms with E-state index >= 15 is 0 Å². The summed E-state index contributed by atoms with van der Waals surface area (Å²) in [6.07, 6.45) is 7.82. The van der Waals surface area contributed by atoms with E-state index in [0.29, 0.717) is 12.5 Å². The summed E-state index contributed by atoms with van der Waals surface area (Å²) in [4.78, 5) is 6.56. The number of aromatic amines is 1. The van der Waals surface area contributed by atoms with Gasteiger partial charge in [0.15, 0.2) is 5.82 Å². The van der Waals surface area contributed by atoms with Crippen LogP contribution in [0.3, 0.4) is 0 Å². The summed E-state index contributed by atoms with van der Waals surface area (Å²) in [7, 11) is 1.67. The highest BCUT2D eigenvalue weighted by molar-refractivity contribution is 5.65. The van der Waals surface area contributed by atoms with Gasteiger partial charge in [0, 0.05) is 36.1 Å². The Bertz CT molecular complexity index is 1140. The number of likely N-dealkylation sites (tertiary alicyclic amines) is 1. The molecule has 1 atom stereocenters. The number of hydrogen-bond acceptors (Lipinski definition) is 7. The summed E-state index contributed by atoms with van der Waals surface area (Å²) in [6, 6.07) is 12.1. The Labute approximate surface area is 186 Å². The fraction of sp³-hybridized carbons (Fsp3) is 0.348. The van der Waals surface area contributed by atoms with Crippen molar-refractivity contribution in [2.75, 3.05) is 20.2 Å². The number of methoxy groups -OCH3 is 1. The third-order valence-electron chi connectivity index (χ3n) is 6.04. The summed E-state index contributed by atoms with van der Waals surface area (Å²) in [5.74, 6) is 2.11. The van der Waals surface area contributed by atoms with Crippen LogP contribution in [0.1, 0.15) is 35.8 Å². The zero-order valence-electron chi connectivity index (χ0n) is 18.1. The molecule has 32 heavy (non-hydrogen) atoms. The van der Waals surface area contributed by atoms with Crippen molar-refractivity contribution in [3.05, 3.63) is 72.1 Å². The first-order chi connectivity index (χ1) is 15.8. The van der Waals surface area contributed by atoms with E-state index in [-0.39, 0.29) is 0 Å². The number of nitrogens with zero attached hydrogens (tertiary/aromatic N) is 7. The predicted molar refractivity (Wildman–Crippen MR) is 119 cm³/mol. The second-order valence-electron chi connectivity index (χ2n) is 8.11. The van der Waals surface area contributed by atoms with Crippen LogP contribution in [0.2, 0.25) is 0 Å². The maximum absolute atomic E-state index is 5.24. The lowest BCUT2D eigenvalue weighted by Gasteiger charge is -2.32. The van der Waals surface area contributed by atoms with E-state index in [1.807, 2.05) is 59.7 Å². The molecule has 3 aromatic heterocycles. The van der Waals surface area contributed by atoms with Crippen LogP contribution in [0.5, 0.6) is 5.75 Å². The van der Waals surface area contributed by atoms with Crippen LogP contribution in [0.15, 0.2) is 55.0 Å². The Morgan fingerprint density at radius 1 is 1.09 bits per heavy atom. The molecule has 0 spiro atoms. The SMILES string of the molecule is COc1ccc(Cn2nnnc2CN2CCCC(c3[nH]ncc3-c3ccncc3)C2)cc1. The Hall–Kier alpha value is -3.59. The molecule has 0 aliphatic carbocycles. The lowest BCUT2D eigenvalue weighted by atomic mass is 9.91. The van der Waals surface area contributed by atoms with Crippen LogP contribution in [-0.2, 0) is 13.1 Å². The van der Waals surface area contributed by atoms with Crippen LogP contribution >= 0.6 is 0 Å². The molecule has 1 N–H and O–H groups in total. The summed E-state index contributed by atoms with van der Waals surface area (Å²) >= 11 is 0. The smallest absolute Gasteiger partial charge is 0.165 e. The van der Waals surface area contributed by atoms with E-state index in [9.17, 15) is 0 Å². The number of hydrogen-bond donors (Lipinski definition) is 1. The first kappa shape index (κ1) is 20.3. The lowest BCUT2D eigenvalue weighted by Crippen LogP contribution is -2.35. The van der Waals surface area contributed by atoms with Crippen LogP contribution in [0, 0.1) is 0 Å². The van der Waals surface area contributed by atoms with Gasteiger partial charge in [0.25, 0.3) is 0 Å². The van der Waals surface area contributed by atoms with Crippen molar-refractivity contribution in [1.82, 2.24) is 40.3 Å². The van der Waals surface area contributed by atoms with Gasteiger partial charge in [-0.05, 0) is 65.2 Å². The molecule has 4 heterocycles. The maximum Gasteiger partial charge on any atom is 0.165 e. The summed E-state index contributed by atoms with van der Waals surface area (Å²) in [5.41, 5.74) is 4.63. The quantitative estimate of drug-likeness (QED) is 0.481. The Morgan fingerprint density at radius 2 is 1.94 bits per heavy atom. The molecule has 0 saturated carbocycles. The van der Waals surface area contributed by atoms with Crippen molar-refractivity contribution in [2.45, 2.75) is 31.8 Å². The van der Waals surface area contributed by atoms with Crippen molar-refractivity contribution in [2.24, 2.45) is 0 Å². The molecule has 9 heteroatoms. The molecule has 1 aromatic carbocycles. The van der Waals surface area contributed by atoms with E-state index < -0.39 is 0 Å². The Balaban J connectivity index is 1.28. The molecule has 5 rings (SSSR count). The number of aromatic nitrogens is 7. The molecular formula is C23H26N8O. The number of nitrogens with one attached hydrogen (secondary N) is 1. The van der Waals surface area contributed by atoms with Crippen molar-refractivity contribution in [1.29, 1.82) is 0 Å². The first-order valence-electron chi connectivity index (χ1n) is 10.8. The Morgan fingerprint density at radius 3 is 2.75 bits per heavy atom. The highest BCUT2D eigenvalue weighted by Gasteiger charge is 2.26. The van der Waals surface area contributed by atoms with E-state index in [2.05, 4.69) is 35.6 Å². The van der Waals surface area contributed by atoms with Crippen LogP contribution in [0.25, 0.3) is 11.1 Å². The van der Waals surface area contributed by atoms with Gasteiger partial charge in [0.1, 0.15) is 5.75 Å². The van der Waals surface area contributed by atoms with Crippen molar-refractivity contribution in [3.63, 3.8) is 0 Å². The number of tetrazole rings is 1. The third-order valence-corrected chi connectivity index (χ3v) is 6.04. The topological polar surface area (TPSA) is 97.6 Å². The highest BCUT2D eigenvalue weighted by atomic mass is 16.5. The molecule has 4 aromatic rings. The second-order valence-corrected chi connectivity index (χ2v) is 8.11. The Kier molecular flexibility index (Phi) is 5.89. The summed E-state index contributed by atoms with van der Waals surface area (Å²) in [5, 5.41) is 20.0. The lowest BCUT2D eigenvalue weighted by molar-refractivity contribution is 0.191. The minimum Gasteiger partial charge on any atom is -0.497 e. The predicted octanol–water partition coefficient (Wildman–Crippen LogP) is 2.89. The molecule has 1 saturated heterocycles. The molecule has 0 bridgehead atoms. The number of piperidine rings is 1. The average molecular weight is 431 g/mol. The molecule has 1 fully saturated rings. The maximum atomic E-state index is 5.24. The summed E-state index contributed by atoms with van der Waals surface area (Å²) < 4.78 is 7.12. The summed E-state index contributed by atoms with van der Waals surface area (Å²) in [6.45, 7) is 3.33. The van der Waals surface area contributed by atoms with Gasteiger partial charge in [-0.3, -0.25) is 15.0 Å². The number of rotatable bonds is 7. The minimum atomic E-state index is 0.389. The molecule has 0 radical (unpaired) electrons. The van der Waals surface area contributed by atoms with Crippen LogP contribution in [0.4, 0.5) is 0 Å². The molecule has 0 amide bonds. The molecule has 1 unspecified atom stereocenters. The molecule has 9 nitrogen and oxygen atoms in total. The van der Waals surface area contributed by atoms with Gasteiger partial charge < -0.3 is 4.74 Å². The largest absolute Gasteiger partial charge is 0.497 e. The zero-order valence-corrected chi connectivity index (χ0v) is 18.1. The minimum absolute atomic E-state index is 0.389. The molecule has 1 aliphatic rings. The number of H-pyrrole nitrogens is 1. The van der Waals surface area contributed by atoms with Gasteiger partial charge in [-0.15, -0.1) is 5.10 Å². The van der Waals surface area contributed by atoms with E-state index in [0.717, 1.165) is 60.7 Å². The fourth-order valence-electron chi connectivity index (χ4n) is 4.37. The van der Waals surface area contributed by atoms with Gasteiger partial charge in [0.2, 0.25) is 0 Å². The van der Waals surface area contributed by atoms with E-state index in [1.165, 1.54) is 5.69 Å². The standard InChI is InChI=1S/C23H26N8O/c1-32-20-6-4-17(5-7-20)14-31-22(26-28-29-31)16-30-12-2-3-19(15-30)23-21(13-25-27-23)18-8-10-24-11-9-18/h4-11,13,19H,2-3,12,14-16H2,1H3,(H,25,27). The first-order valence-corrected chi connectivity index (χ1v) is 10.8. The van der Waals surface area contributed by atoms with Crippen molar-refractivity contribution >= 4 is 0 Å². The van der Waals surface area contributed by atoms with Crippen LogP contribution < -0.4 is 4.74 Å². The highest BCUT2D eigenvalue weighted by Crippen LogP contribution is 2.33. The van der Waals surface area contributed by atoms with Gasteiger partial charge in [0.05, 0.1) is 26.4 Å². The van der Waals surface area contributed by atoms with Gasteiger partial charge in [-0.2, -0.15) is 5.10 Å². The number of pyridine rings is 1. The number of ether oxygens (including phenoxy) is 1. The number of benzene rings is 1. The fourth-order valence-corrected chi connectivity index (χ4v) is 4.37. The molecule has 1 aliphatic heterocycles. The molecular weight excluding hydrogens is 404 g/mol. The van der Waals surface area contributed by atoms with Crippen LogP contribution in [-0.4, -0.2) is 60.5 Å².